The molecular formula is C18H24ClN5. The summed E-state index contributed by atoms with van der Waals surface area (Å²) in [5, 5.41) is 5.61. The molecule has 0 saturated carbocycles. The van der Waals surface area contributed by atoms with Crippen LogP contribution < -0.4 is 10.2 Å². The molecule has 1 N–H and O–H groups in total. The molecule has 3 aromatic rings. The average molecular weight is 346 g/mol. The molecule has 0 aliphatic rings. The van der Waals surface area contributed by atoms with Crippen LogP contribution in [0, 0.1) is 0 Å². The zero-order valence-electron chi connectivity index (χ0n) is 14.8. The van der Waals surface area contributed by atoms with Crippen molar-refractivity contribution in [3.63, 3.8) is 0 Å². The molecule has 0 aliphatic carbocycles. The number of fused-ring (bicyclic) bond motifs is 1. The molecule has 0 radical (unpaired) electrons. The maximum absolute atomic E-state index is 6.12. The smallest absolute Gasteiger partial charge is 0.204 e. The van der Waals surface area contributed by atoms with Crippen LogP contribution >= 0.6 is 11.6 Å². The molecule has 1 aromatic carbocycles. The number of nitrogens with zero attached hydrogens (tertiary/aromatic N) is 4. The molecule has 0 amide bonds. The summed E-state index contributed by atoms with van der Waals surface area (Å²) in [6, 6.07) is 6.29. The van der Waals surface area contributed by atoms with E-state index in [0.717, 1.165) is 28.7 Å². The van der Waals surface area contributed by atoms with Gasteiger partial charge in [-0.25, -0.2) is 4.98 Å². The van der Waals surface area contributed by atoms with E-state index in [1.807, 2.05) is 44.4 Å². The van der Waals surface area contributed by atoms with E-state index in [1.54, 1.807) is 0 Å². The van der Waals surface area contributed by atoms with Gasteiger partial charge in [0.1, 0.15) is 0 Å². The molecule has 0 fully saturated rings. The second-order valence-electron chi connectivity index (χ2n) is 6.46. The molecule has 2 aromatic heterocycles. The number of hydrogen-bond acceptors (Lipinski definition) is 3. The Morgan fingerprint density at radius 3 is 2.71 bits per heavy atom. The van der Waals surface area contributed by atoms with Gasteiger partial charge < -0.3 is 19.4 Å². The fourth-order valence-electron chi connectivity index (χ4n) is 3.11. The monoisotopic (exact) mass is 345 g/mol. The average Bonchev–Trinajstić information content (AvgIpc) is 3.06. The zero-order valence-corrected chi connectivity index (χ0v) is 15.6. The second-order valence-corrected chi connectivity index (χ2v) is 6.90. The molecule has 0 spiro atoms. The summed E-state index contributed by atoms with van der Waals surface area (Å²) in [6.45, 7) is 2.95. The number of nitrogens with one attached hydrogen (secondary N) is 1. The predicted octanol–water partition coefficient (Wildman–Crippen LogP) is 3.48. The first-order chi connectivity index (χ1) is 11.4. The molecule has 5 nitrogen and oxygen atoms in total. The highest BCUT2D eigenvalue weighted by Gasteiger charge is 2.14. The summed E-state index contributed by atoms with van der Waals surface area (Å²) in [4.78, 5) is 6.48. The molecule has 2 heterocycles. The number of halogens is 1. The van der Waals surface area contributed by atoms with E-state index in [9.17, 15) is 0 Å². The Bertz CT molecular complexity index is 862. The van der Waals surface area contributed by atoms with Crippen molar-refractivity contribution in [1.82, 2.24) is 19.4 Å². The Hall–Kier alpha value is -1.98. The Labute approximate surface area is 147 Å². The normalized spacial score (nSPS) is 12.8. The highest BCUT2D eigenvalue weighted by Crippen LogP contribution is 2.28. The van der Waals surface area contributed by atoms with Crippen LogP contribution in [0.25, 0.3) is 10.9 Å². The Kier molecular flexibility index (Phi) is 4.56. The maximum atomic E-state index is 6.12. The number of aryl methyl sites for hydroxylation is 1. The summed E-state index contributed by atoms with van der Waals surface area (Å²) >= 11 is 6.12. The Morgan fingerprint density at radius 2 is 2.04 bits per heavy atom. The molecule has 1 unspecified atom stereocenters. The lowest BCUT2D eigenvalue weighted by Crippen LogP contribution is -2.20. The summed E-state index contributed by atoms with van der Waals surface area (Å²) < 4.78 is 4.24. The van der Waals surface area contributed by atoms with Crippen molar-refractivity contribution in [1.29, 1.82) is 0 Å². The van der Waals surface area contributed by atoms with Crippen LogP contribution in [-0.4, -0.2) is 28.2 Å². The van der Waals surface area contributed by atoms with E-state index < -0.39 is 0 Å². The largest absolute Gasteiger partial charge is 0.350 e. The van der Waals surface area contributed by atoms with Gasteiger partial charge in [-0.1, -0.05) is 17.7 Å². The van der Waals surface area contributed by atoms with E-state index in [4.69, 9.17) is 11.6 Å². The van der Waals surface area contributed by atoms with E-state index in [1.165, 1.54) is 10.9 Å². The highest BCUT2D eigenvalue weighted by atomic mass is 35.5. The molecule has 128 valence electrons. The third-order valence-electron chi connectivity index (χ3n) is 4.50. The van der Waals surface area contributed by atoms with Gasteiger partial charge in [0.15, 0.2) is 0 Å². The van der Waals surface area contributed by atoms with Gasteiger partial charge in [-0.2, -0.15) is 0 Å². The van der Waals surface area contributed by atoms with Gasteiger partial charge in [-0.15, -0.1) is 0 Å². The lowest BCUT2D eigenvalue weighted by Gasteiger charge is -2.15. The summed E-state index contributed by atoms with van der Waals surface area (Å²) in [5.41, 5.74) is 3.59. The van der Waals surface area contributed by atoms with Crippen LogP contribution in [-0.2, 0) is 20.6 Å². The minimum absolute atomic E-state index is 0.229. The molecule has 24 heavy (non-hydrogen) atoms. The maximum Gasteiger partial charge on any atom is 0.204 e. The molecule has 3 rings (SSSR count). The van der Waals surface area contributed by atoms with Crippen molar-refractivity contribution in [2.45, 2.75) is 19.5 Å². The van der Waals surface area contributed by atoms with Gasteiger partial charge in [0.2, 0.25) is 5.95 Å². The van der Waals surface area contributed by atoms with Gasteiger partial charge in [0.05, 0.1) is 11.9 Å². The van der Waals surface area contributed by atoms with Crippen molar-refractivity contribution < 1.29 is 0 Å². The molecule has 0 aliphatic heterocycles. The molecular weight excluding hydrogens is 322 g/mol. The standard InChI is InChI=1S/C18H24ClN5/c1-12(20-9-14-10-21-18(22(2)3)24(14)5)16-11-23(4)17-8-13(19)6-7-15(16)17/h6-8,10-12,20H,9H2,1-5H3. The first-order valence-electron chi connectivity index (χ1n) is 8.04. The number of benzene rings is 1. The lowest BCUT2D eigenvalue weighted by molar-refractivity contribution is 0.559. The topological polar surface area (TPSA) is 38.0 Å². The summed E-state index contributed by atoms with van der Waals surface area (Å²) in [5.74, 6) is 0.958. The van der Waals surface area contributed by atoms with Crippen LogP contribution in [0.4, 0.5) is 5.95 Å². The van der Waals surface area contributed by atoms with Crippen LogP contribution in [0.15, 0.2) is 30.6 Å². The first-order valence-corrected chi connectivity index (χ1v) is 8.42. The zero-order chi connectivity index (χ0) is 17.4. The van der Waals surface area contributed by atoms with Gasteiger partial charge in [0.25, 0.3) is 0 Å². The third kappa shape index (κ3) is 3.01. The van der Waals surface area contributed by atoms with E-state index in [0.29, 0.717) is 0 Å². The lowest BCUT2D eigenvalue weighted by atomic mass is 10.1. The minimum Gasteiger partial charge on any atom is -0.350 e. The highest BCUT2D eigenvalue weighted by molar-refractivity contribution is 6.31. The third-order valence-corrected chi connectivity index (χ3v) is 4.73. The SMILES string of the molecule is CC(NCc1cnc(N(C)C)n1C)c1cn(C)c2cc(Cl)ccc12. The van der Waals surface area contributed by atoms with Crippen molar-refractivity contribution in [3.8, 4) is 0 Å². The van der Waals surface area contributed by atoms with Crippen LogP contribution in [0.3, 0.4) is 0 Å². The van der Waals surface area contributed by atoms with Crippen molar-refractivity contribution in [2.75, 3.05) is 19.0 Å². The number of aromatic nitrogens is 3. The molecule has 0 bridgehead atoms. The summed E-state index contributed by atoms with van der Waals surface area (Å²) in [6.07, 6.45) is 4.10. The fourth-order valence-corrected chi connectivity index (χ4v) is 3.28. The first kappa shape index (κ1) is 16.9. The Morgan fingerprint density at radius 1 is 1.29 bits per heavy atom. The fraction of sp³-hybridized carbons (Fsp3) is 0.389. The Balaban J connectivity index is 1.80. The molecule has 6 heteroatoms. The van der Waals surface area contributed by atoms with E-state index in [-0.39, 0.29) is 6.04 Å². The van der Waals surface area contributed by atoms with E-state index >= 15 is 0 Å². The van der Waals surface area contributed by atoms with Gasteiger partial charge in [-0.05, 0) is 24.6 Å². The van der Waals surface area contributed by atoms with Gasteiger partial charge in [-0.3, -0.25) is 0 Å². The predicted molar refractivity (Wildman–Crippen MR) is 101 cm³/mol. The van der Waals surface area contributed by atoms with Crippen molar-refractivity contribution in [3.05, 3.63) is 46.9 Å². The number of rotatable bonds is 5. The van der Waals surface area contributed by atoms with Crippen LogP contribution in [0.5, 0.6) is 0 Å². The summed E-state index contributed by atoms with van der Waals surface area (Å²) in [7, 11) is 8.11. The molecule has 1 atom stereocenters. The van der Waals surface area contributed by atoms with Gasteiger partial charge >= 0.3 is 0 Å². The molecule has 0 saturated heterocycles. The number of hydrogen-bond donors (Lipinski definition) is 1. The van der Waals surface area contributed by atoms with E-state index in [2.05, 4.69) is 45.7 Å². The number of imidazole rings is 1. The van der Waals surface area contributed by atoms with Gasteiger partial charge in [0, 0.05) is 62.9 Å². The second kappa shape index (κ2) is 6.49. The van der Waals surface area contributed by atoms with Crippen molar-refractivity contribution in [2.24, 2.45) is 14.1 Å². The van der Waals surface area contributed by atoms with Crippen LogP contribution in [0.2, 0.25) is 5.02 Å². The minimum atomic E-state index is 0.229. The van der Waals surface area contributed by atoms with Crippen molar-refractivity contribution >= 4 is 28.5 Å². The quantitative estimate of drug-likeness (QED) is 0.769. The van der Waals surface area contributed by atoms with Crippen LogP contribution in [0.1, 0.15) is 24.2 Å². The number of anilines is 1.